The first kappa shape index (κ1) is 19.2. The van der Waals surface area contributed by atoms with Crippen LogP contribution >= 0.6 is 12.0 Å². The molecule has 3 rings (SSSR count). The number of hydrogen-bond donors (Lipinski definition) is 0. The summed E-state index contributed by atoms with van der Waals surface area (Å²) in [5.41, 5.74) is -3.04. The van der Waals surface area contributed by atoms with Gasteiger partial charge in [-0.2, -0.15) is 30.6 Å². The fourth-order valence-electron chi connectivity index (χ4n) is 2.29. The fourth-order valence-corrected chi connectivity index (χ4v) is 2.94. The largest absolute Gasteiger partial charge is 0.416 e. The SMILES string of the molecule is O=C1c2ccccc2C(=O)N1OSc1cc(C(F)(F)F)cc(C(F)(F)F)c1. The van der Waals surface area contributed by atoms with Gasteiger partial charge in [0.25, 0.3) is 11.8 Å². The lowest BCUT2D eigenvalue weighted by molar-refractivity contribution is -0.143. The zero-order chi connectivity index (χ0) is 20.0. The van der Waals surface area contributed by atoms with Crippen molar-refractivity contribution in [3.63, 3.8) is 0 Å². The van der Waals surface area contributed by atoms with E-state index in [0.29, 0.717) is 12.1 Å². The lowest BCUT2D eigenvalue weighted by atomic mass is 10.1. The monoisotopic (exact) mass is 407 g/mol. The molecule has 0 aromatic heterocycles. The van der Waals surface area contributed by atoms with E-state index in [-0.39, 0.29) is 34.3 Å². The zero-order valence-electron chi connectivity index (χ0n) is 12.9. The summed E-state index contributed by atoms with van der Waals surface area (Å²) >= 11 is 0.0406. The minimum atomic E-state index is -5.02. The minimum absolute atomic E-state index is 0.0168. The van der Waals surface area contributed by atoms with E-state index in [0.717, 1.165) is 0 Å². The Labute approximate surface area is 151 Å². The predicted molar refractivity (Wildman–Crippen MR) is 80.3 cm³/mol. The van der Waals surface area contributed by atoms with Crippen molar-refractivity contribution in [1.82, 2.24) is 5.06 Å². The number of nitrogens with zero attached hydrogens (tertiary/aromatic N) is 1. The van der Waals surface area contributed by atoms with E-state index in [9.17, 15) is 35.9 Å². The third-order valence-corrected chi connectivity index (χ3v) is 4.18. The topological polar surface area (TPSA) is 46.6 Å². The predicted octanol–water partition coefficient (Wildman–Crippen LogP) is 4.96. The Kier molecular flexibility index (Phi) is 4.68. The van der Waals surface area contributed by atoms with E-state index < -0.39 is 40.2 Å². The van der Waals surface area contributed by atoms with E-state index >= 15 is 0 Å². The number of benzene rings is 2. The quantitative estimate of drug-likeness (QED) is 0.410. The molecule has 0 fully saturated rings. The van der Waals surface area contributed by atoms with Gasteiger partial charge in [-0.25, -0.2) is 0 Å². The number of fused-ring (bicyclic) bond motifs is 1. The lowest BCUT2D eigenvalue weighted by Crippen LogP contribution is -2.27. The van der Waals surface area contributed by atoms with E-state index in [2.05, 4.69) is 0 Å². The van der Waals surface area contributed by atoms with Crippen LogP contribution in [-0.4, -0.2) is 16.9 Å². The minimum Gasteiger partial charge on any atom is -0.266 e. The van der Waals surface area contributed by atoms with Gasteiger partial charge in [0.2, 0.25) is 0 Å². The van der Waals surface area contributed by atoms with E-state index in [4.69, 9.17) is 4.28 Å². The average molecular weight is 407 g/mol. The maximum atomic E-state index is 12.8. The summed E-state index contributed by atoms with van der Waals surface area (Å²) in [7, 11) is 0. The van der Waals surface area contributed by atoms with Crippen molar-refractivity contribution in [2.75, 3.05) is 0 Å². The molecular weight excluding hydrogens is 400 g/mol. The molecule has 0 radical (unpaired) electrons. The molecule has 0 aliphatic carbocycles. The second kappa shape index (κ2) is 6.57. The van der Waals surface area contributed by atoms with Crippen LogP contribution in [0.1, 0.15) is 31.8 Å². The normalized spacial score (nSPS) is 14.7. The standard InChI is InChI=1S/C16H7F6NO3S/c17-15(18,19)8-5-9(16(20,21)22)7-10(6-8)27-26-23-13(24)11-3-1-2-4-12(11)14(23)25/h1-7H. The highest BCUT2D eigenvalue weighted by Gasteiger charge is 2.39. The summed E-state index contributed by atoms with van der Waals surface area (Å²) in [4.78, 5) is 23.6. The Morgan fingerprint density at radius 2 is 1.22 bits per heavy atom. The van der Waals surface area contributed by atoms with Gasteiger partial charge in [0.1, 0.15) is 0 Å². The van der Waals surface area contributed by atoms with Crippen molar-refractivity contribution in [1.29, 1.82) is 0 Å². The fraction of sp³-hybridized carbons (Fsp3) is 0.125. The van der Waals surface area contributed by atoms with Crippen LogP contribution in [0.4, 0.5) is 26.3 Å². The third kappa shape index (κ3) is 3.78. The van der Waals surface area contributed by atoms with Crippen molar-refractivity contribution >= 4 is 23.9 Å². The molecule has 1 heterocycles. The van der Waals surface area contributed by atoms with Gasteiger partial charge in [0.05, 0.1) is 34.3 Å². The first-order valence-corrected chi connectivity index (χ1v) is 7.84. The van der Waals surface area contributed by atoms with Crippen molar-refractivity contribution < 1.29 is 40.2 Å². The van der Waals surface area contributed by atoms with E-state index in [1.54, 1.807) is 0 Å². The van der Waals surface area contributed by atoms with Crippen molar-refractivity contribution in [3.8, 4) is 0 Å². The van der Waals surface area contributed by atoms with Crippen LogP contribution in [-0.2, 0) is 16.6 Å². The molecule has 2 amide bonds. The number of rotatable bonds is 3. The maximum Gasteiger partial charge on any atom is 0.416 e. The number of imide groups is 1. The van der Waals surface area contributed by atoms with Gasteiger partial charge in [0.15, 0.2) is 0 Å². The zero-order valence-corrected chi connectivity index (χ0v) is 13.7. The Morgan fingerprint density at radius 3 is 1.63 bits per heavy atom. The summed E-state index contributed by atoms with van der Waals surface area (Å²) in [5.74, 6) is -1.74. The lowest BCUT2D eigenvalue weighted by Gasteiger charge is -2.15. The number of amides is 2. The highest BCUT2D eigenvalue weighted by molar-refractivity contribution is 7.94. The molecule has 0 bridgehead atoms. The molecule has 27 heavy (non-hydrogen) atoms. The van der Waals surface area contributed by atoms with Crippen molar-refractivity contribution in [2.45, 2.75) is 17.2 Å². The Balaban J connectivity index is 1.86. The Bertz CT molecular complexity index is 858. The van der Waals surface area contributed by atoms with Crippen LogP contribution in [0.15, 0.2) is 47.4 Å². The molecular formula is C16H7F6NO3S. The second-order valence-corrected chi connectivity index (χ2v) is 6.14. The number of hydrogen-bond acceptors (Lipinski definition) is 4. The molecule has 0 saturated carbocycles. The van der Waals surface area contributed by atoms with Crippen LogP contribution in [0.3, 0.4) is 0 Å². The third-order valence-electron chi connectivity index (χ3n) is 3.53. The van der Waals surface area contributed by atoms with Gasteiger partial charge in [-0.05, 0) is 30.3 Å². The Hall–Kier alpha value is -2.53. The summed E-state index contributed by atoms with van der Waals surface area (Å²) in [6.07, 6.45) is -10.0. The van der Waals surface area contributed by atoms with Crippen molar-refractivity contribution in [2.24, 2.45) is 0 Å². The average Bonchev–Trinajstić information content (AvgIpc) is 2.83. The highest BCUT2D eigenvalue weighted by Crippen LogP contribution is 2.39. The molecule has 11 heteroatoms. The van der Waals surface area contributed by atoms with Crippen molar-refractivity contribution in [3.05, 3.63) is 64.7 Å². The van der Waals surface area contributed by atoms with Crippen LogP contribution < -0.4 is 0 Å². The Morgan fingerprint density at radius 1 is 0.778 bits per heavy atom. The van der Waals surface area contributed by atoms with E-state index in [1.165, 1.54) is 24.3 Å². The molecule has 2 aromatic rings. The summed E-state index contributed by atoms with van der Waals surface area (Å²) < 4.78 is 81.9. The van der Waals surface area contributed by atoms with Gasteiger partial charge in [0, 0.05) is 4.90 Å². The van der Waals surface area contributed by atoms with Gasteiger partial charge in [-0.15, -0.1) is 5.06 Å². The molecule has 0 N–H and O–H groups in total. The van der Waals surface area contributed by atoms with Gasteiger partial charge < -0.3 is 0 Å². The van der Waals surface area contributed by atoms with Gasteiger partial charge in [-0.3, -0.25) is 9.59 Å². The van der Waals surface area contributed by atoms with Gasteiger partial charge in [-0.1, -0.05) is 12.1 Å². The number of alkyl halides is 6. The number of hydroxylamine groups is 2. The molecule has 4 nitrogen and oxygen atoms in total. The van der Waals surface area contributed by atoms with Crippen LogP contribution in [0.25, 0.3) is 0 Å². The smallest absolute Gasteiger partial charge is 0.266 e. The molecule has 0 spiro atoms. The highest BCUT2D eigenvalue weighted by atomic mass is 32.2. The number of halogens is 6. The molecule has 0 atom stereocenters. The van der Waals surface area contributed by atoms with Crippen LogP contribution in [0.5, 0.6) is 0 Å². The molecule has 1 aliphatic rings. The molecule has 0 saturated heterocycles. The van der Waals surface area contributed by atoms with E-state index in [1.807, 2.05) is 0 Å². The van der Waals surface area contributed by atoms with Crippen LogP contribution in [0.2, 0.25) is 0 Å². The summed E-state index contributed by atoms with van der Waals surface area (Å²) in [6, 6.07) is 6.49. The molecule has 142 valence electrons. The number of carbonyl (C=O) groups excluding carboxylic acids is 2. The molecule has 0 unspecified atom stereocenters. The first-order valence-electron chi connectivity index (χ1n) is 7.10. The second-order valence-electron chi connectivity index (χ2n) is 5.35. The molecule has 2 aromatic carbocycles. The maximum absolute atomic E-state index is 12.8. The van der Waals surface area contributed by atoms with Gasteiger partial charge >= 0.3 is 12.4 Å². The summed E-state index contributed by atoms with van der Waals surface area (Å²) in [6.45, 7) is 0. The number of carbonyl (C=O) groups is 2. The summed E-state index contributed by atoms with van der Waals surface area (Å²) in [5, 5.41) is 0.281. The van der Waals surface area contributed by atoms with Crippen LogP contribution in [0, 0.1) is 0 Å². The first-order chi connectivity index (χ1) is 12.5. The molecule has 1 aliphatic heterocycles.